The maximum Gasteiger partial charge on any atom is 0.243 e. The van der Waals surface area contributed by atoms with Crippen molar-refractivity contribution >= 4 is 23.6 Å². The van der Waals surface area contributed by atoms with Crippen molar-refractivity contribution in [3.05, 3.63) is 35.6 Å². The van der Waals surface area contributed by atoms with Crippen LogP contribution in [0.3, 0.4) is 0 Å². The smallest absolute Gasteiger partial charge is 0.243 e. The Morgan fingerprint density at radius 1 is 1.53 bits per heavy atom. The van der Waals surface area contributed by atoms with E-state index in [-0.39, 0.29) is 22.9 Å². The minimum Gasteiger partial charge on any atom is -0.357 e. The quantitative estimate of drug-likeness (QED) is 0.858. The van der Waals surface area contributed by atoms with Crippen LogP contribution in [-0.2, 0) is 16.0 Å². The van der Waals surface area contributed by atoms with Gasteiger partial charge in [0.2, 0.25) is 11.8 Å². The van der Waals surface area contributed by atoms with E-state index in [2.05, 4.69) is 10.6 Å². The van der Waals surface area contributed by atoms with E-state index < -0.39 is 6.04 Å². The van der Waals surface area contributed by atoms with Gasteiger partial charge in [-0.2, -0.15) is 0 Å². The molecule has 4 nitrogen and oxygen atoms in total. The summed E-state index contributed by atoms with van der Waals surface area (Å²) in [6.07, 6.45) is 0.337. The summed E-state index contributed by atoms with van der Waals surface area (Å²) in [5.74, 6) is -0.215. The summed E-state index contributed by atoms with van der Waals surface area (Å²) in [6.45, 7) is 0. The van der Waals surface area contributed by atoms with Crippen molar-refractivity contribution in [2.75, 3.05) is 12.8 Å². The molecule has 0 spiro atoms. The molecule has 1 aromatic carbocycles. The molecule has 1 aliphatic rings. The first-order chi connectivity index (χ1) is 9.11. The normalized spacial score (nSPS) is 22.7. The molecule has 1 aliphatic heterocycles. The summed E-state index contributed by atoms with van der Waals surface area (Å²) in [6, 6.07) is 5.92. The molecule has 2 N–H and O–H groups in total. The third-order valence-electron chi connectivity index (χ3n) is 3.00. The summed E-state index contributed by atoms with van der Waals surface area (Å²) in [4.78, 5) is 23.3. The number of nitrogens with one attached hydrogen (secondary N) is 2. The van der Waals surface area contributed by atoms with Gasteiger partial charge in [0.1, 0.15) is 11.9 Å². The fourth-order valence-electron chi connectivity index (χ4n) is 1.93. The van der Waals surface area contributed by atoms with E-state index in [1.807, 2.05) is 0 Å². The topological polar surface area (TPSA) is 58.2 Å². The molecule has 1 heterocycles. The zero-order valence-electron chi connectivity index (χ0n) is 10.5. The summed E-state index contributed by atoms with van der Waals surface area (Å²) in [5.41, 5.74) is 0.522. The molecular formula is C13H15FN2O2S. The van der Waals surface area contributed by atoms with Gasteiger partial charge in [-0.3, -0.25) is 9.59 Å². The molecule has 0 unspecified atom stereocenters. The number of carbonyl (C=O) groups is 2. The Hall–Kier alpha value is -1.56. The predicted molar refractivity (Wildman–Crippen MR) is 72.3 cm³/mol. The van der Waals surface area contributed by atoms with Crippen LogP contribution in [-0.4, -0.2) is 35.9 Å². The molecule has 2 rings (SSSR count). The van der Waals surface area contributed by atoms with Crippen LogP contribution in [0.25, 0.3) is 0 Å². The van der Waals surface area contributed by atoms with E-state index in [4.69, 9.17) is 0 Å². The average Bonchev–Trinajstić information content (AvgIpc) is 2.42. The molecule has 0 bridgehead atoms. The highest BCUT2D eigenvalue weighted by atomic mass is 32.2. The van der Waals surface area contributed by atoms with Gasteiger partial charge in [0.15, 0.2) is 0 Å². The molecule has 6 heteroatoms. The number of amides is 2. The summed E-state index contributed by atoms with van der Waals surface area (Å²) in [5, 5.41) is 4.82. The summed E-state index contributed by atoms with van der Waals surface area (Å²) in [7, 11) is 1.53. The van der Waals surface area contributed by atoms with Gasteiger partial charge in [0, 0.05) is 12.8 Å². The molecular weight excluding hydrogens is 267 g/mol. The SMILES string of the molecule is CNC(=O)[C@H]1CS[C@H](Cc2ccccc2F)C(=O)N1. The Bertz CT molecular complexity index is 495. The largest absolute Gasteiger partial charge is 0.357 e. The lowest BCUT2D eigenvalue weighted by Crippen LogP contribution is -2.53. The Morgan fingerprint density at radius 2 is 2.26 bits per heavy atom. The molecule has 102 valence electrons. The van der Waals surface area contributed by atoms with Crippen LogP contribution in [0.1, 0.15) is 5.56 Å². The third kappa shape index (κ3) is 3.26. The third-order valence-corrected chi connectivity index (χ3v) is 4.31. The number of thioether (sulfide) groups is 1. The minimum absolute atomic E-state index is 0.204. The van der Waals surface area contributed by atoms with E-state index in [1.54, 1.807) is 18.2 Å². The van der Waals surface area contributed by atoms with E-state index in [0.717, 1.165) is 0 Å². The molecule has 2 amide bonds. The van der Waals surface area contributed by atoms with Gasteiger partial charge in [-0.15, -0.1) is 11.8 Å². The molecule has 19 heavy (non-hydrogen) atoms. The van der Waals surface area contributed by atoms with E-state index in [9.17, 15) is 14.0 Å². The Kier molecular flexibility index (Phi) is 4.42. The Balaban J connectivity index is 1.99. The first kappa shape index (κ1) is 13.9. The van der Waals surface area contributed by atoms with E-state index in [1.165, 1.54) is 24.9 Å². The van der Waals surface area contributed by atoms with Crippen LogP contribution in [0.15, 0.2) is 24.3 Å². The molecule has 0 aliphatic carbocycles. The molecule has 0 saturated carbocycles. The van der Waals surface area contributed by atoms with Crippen LogP contribution < -0.4 is 10.6 Å². The van der Waals surface area contributed by atoms with Crippen molar-refractivity contribution in [1.82, 2.24) is 10.6 Å². The Labute approximate surface area is 115 Å². The van der Waals surface area contributed by atoms with E-state index in [0.29, 0.717) is 17.7 Å². The monoisotopic (exact) mass is 282 g/mol. The van der Waals surface area contributed by atoms with Crippen LogP contribution in [0, 0.1) is 5.82 Å². The van der Waals surface area contributed by atoms with Gasteiger partial charge in [-0.25, -0.2) is 4.39 Å². The van der Waals surface area contributed by atoms with Crippen LogP contribution in [0.5, 0.6) is 0 Å². The van der Waals surface area contributed by atoms with Gasteiger partial charge in [0.05, 0.1) is 5.25 Å². The maximum absolute atomic E-state index is 13.5. The fourth-order valence-corrected chi connectivity index (χ4v) is 3.10. The van der Waals surface area contributed by atoms with Gasteiger partial charge >= 0.3 is 0 Å². The maximum atomic E-state index is 13.5. The number of benzene rings is 1. The van der Waals surface area contributed by atoms with Crippen molar-refractivity contribution < 1.29 is 14.0 Å². The lowest BCUT2D eigenvalue weighted by atomic mass is 10.1. The number of hydrogen-bond donors (Lipinski definition) is 2. The van der Waals surface area contributed by atoms with Gasteiger partial charge in [0.25, 0.3) is 0 Å². The lowest BCUT2D eigenvalue weighted by molar-refractivity contribution is -0.128. The number of halogens is 1. The highest BCUT2D eigenvalue weighted by Crippen LogP contribution is 2.23. The van der Waals surface area contributed by atoms with Crippen LogP contribution in [0.2, 0.25) is 0 Å². The standard InChI is InChI=1S/C13H15FN2O2S/c1-15-12(17)10-7-19-11(13(18)16-10)6-8-4-2-3-5-9(8)14/h2-5,10-11H,6-7H2,1H3,(H,15,17)(H,16,18)/t10-,11-/m1/s1. The molecule has 2 atom stereocenters. The first-order valence-electron chi connectivity index (χ1n) is 5.99. The molecule has 1 saturated heterocycles. The predicted octanol–water partition coefficient (Wildman–Crippen LogP) is 0.714. The molecule has 1 fully saturated rings. The van der Waals surface area contributed by atoms with E-state index >= 15 is 0 Å². The van der Waals surface area contributed by atoms with Gasteiger partial charge in [-0.05, 0) is 18.1 Å². The van der Waals surface area contributed by atoms with Crippen molar-refractivity contribution in [1.29, 1.82) is 0 Å². The summed E-state index contributed by atoms with van der Waals surface area (Å²) < 4.78 is 13.5. The van der Waals surface area contributed by atoms with Gasteiger partial charge < -0.3 is 10.6 Å². The number of hydrogen-bond acceptors (Lipinski definition) is 3. The zero-order valence-corrected chi connectivity index (χ0v) is 11.3. The average molecular weight is 282 g/mol. The Morgan fingerprint density at radius 3 is 2.89 bits per heavy atom. The second kappa shape index (κ2) is 6.06. The first-order valence-corrected chi connectivity index (χ1v) is 7.03. The summed E-state index contributed by atoms with van der Waals surface area (Å²) >= 11 is 1.39. The lowest BCUT2D eigenvalue weighted by Gasteiger charge is -2.27. The highest BCUT2D eigenvalue weighted by Gasteiger charge is 2.32. The highest BCUT2D eigenvalue weighted by molar-refractivity contribution is 8.00. The van der Waals surface area contributed by atoms with Crippen LogP contribution >= 0.6 is 11.8 Å². The van der Waals surface area contributed by atoms with Crippen molar-refractivity contribution in [3.63, 3.8) is 0 Å². The molecule has 0 radical (unpaired) electrons. The zero-order chi connectivity index (χ0) is 13.8. The van der Waals surface area contributed by atoms with Crippen molar-refractivity contribution in [2.45, 2.75) is 17.7 Å². The van der Waals surface area contributed by atoms with Gasteiger partial charge in [-0.1, -0.05) is 18.2 Å². The van der Waals surface area contributed by atoms with Crippen molar-refractivity contribution in [3.8, 4) is 0 Å². The number of rotatable bonds is 3. The number of likely N-dealkylation sites (N-methyl/N-ethyl adjacent to an activating group) is 1. The molecule has 0 aromatic heterocycles. The minimum atomic E-state index is -0.501. The van der Waals surface area contributed by atoms with Crippen LogP contribution in [0.4, 0.5) is 4.39 Å². The number of carbonyl (C=O) groups excluding carboxylic acids is 2. The fraction of sp³-hybridized carbons (Fsp3) is 0.385. The second-order valence-corrected chi connectivity index (χ2v) is 5.53. The second-order valence-electron chi connectivity index (χ2n) is 4.29. The van der Waals surface area contributed by atoms with Crippen molar-refractivity contribution in [2.24, 2.45) is 0 Å². The molecule has 1 aromatic rings.